The van der Waals surface area contributed by atoms with Gasteiger partial charge in [0.1, 0.15) is 5.75 Å². The molecule has 27 heavy (non-hydrogen) atoms. The average Bonchev–Trinajstić information content (AvgIpc) is 3.20. The summed E-state index contributed by atoms with van der Waals surface area (Å²) in [6.45, 7) is 2.04. The summed E-state index contributed by atoms with van der Waals surface area (Å²) < 4.78 is 10.8. The summed E-state index contributed by atoms with van der Waals surface area (Å²) in [5.74, 6) is 1.68. The van der Waals surface area contributed by atoms with E-state index in [-0.39, 0.29) is 11.9 Å². The molecule has 0 saturated heterocycles. The molecule has 0 aliphatic rings. The van der Waals surface area contributed by atoms with E-state index in [0.29, 0.717) is 24.6 Å². The number of aryl methyl sites for hydroxylation is 1. The van der Waals surface area contributed by atoms with Crippen LogP contribution >= 0.6 is 0 Å². The van der Waals surface area contributed by atoms with E-state index in [9.17, 15) is 4.79 Å². The molecule has 1 unspecified atom stereocenters. The van der Waals surface area contributed by atoms with Gasteiger partial charge in [0.25, 0.3) is 0 Å². The monoisotopic (exact) mass is 365 g/mol. The van der Waals surface area contributed by atoms with Gasteiger partial charge in [-0.3, -0.25) is 4.79 Å². The van der Waals surface area contributed by atoms with Crippen LogP contribution in [0.1, 0.15) is 37.3 Å². The lowest BCUT2D eigenvalue weighted by molar-refractivity contribution is -0.121. The minimum Gasteiger partial charge on any atom is -0.497 e. The van der Waals surface area contributed by atoms with Gasteiger partial charge in [0.05, 0.1) is 13.2 Å². The maximum absolute atomic E-state index is 12.3. The zero-order chi connectivity index (χ0) is 19.1. The third kappa shape index (κ3) is 4.94. The van der Waals surface area contributed by atoms with E-state index in [1.165, 1.54) is 0 Å². The maximum Gasteiger partial charge on any atom is 0.247 e. The Hall–Kier alpha value is -3.15. The van der Waals surface area contributed by atoms with Crippen molar-refractivity contribution in [3.63, 3.8) is 0 Å². The number of nitrogens with zero attached hydrogens (tertiary/aromatic N) is 2. The summed E-state index contributed by atoms with van der Waals surface area (Å²) in [6, 6.07) is 17.3. The molecule has 0 fully saturated rings. The highest BCUT2D eigenvalue weighted by Crippen LogP contribution is 2.21. The number of ether oxygens (including phenoxy) is 1. The fourth-order valence-electron chi connectivity index (χ4n) is 2.80. The molecule has 3 aromatic rings. The van der Waals surface area contributed by atoms with Gasteiger partial charge in [-0.1, -0.05) is 37.3 Å². The molecule has 140 valence electrons. The molecule has 1 heterocycles. The summed E-state index contributed by atoms with van der Waals surface area (Å²) in [5.41, 5.74) is 1.92. The minimum atomic E-state index is -0.0443. The standard InChI is InChI=1S/C21H23N3O3/c1-3-18(15-9-11-17(26-2)12-10-15)22-19(25)13-14-20-23-24-21(27-20)16-7-5-4-6-8-16/h4-12,18H,3,13-14H2,1-2H3,(H,22,25). The van der Waals surface area contributed by atoms with Gasteiger partial charge in [-0.15, -0.1) is 10.2 Å². The minimum absolute atomic E-state index is 0.0361. The number of carbonyl (C=O) groups excluding carboxylic acids is 1. The molecule has 0 aliphatic heterocycles. The van der Waals surface area contributed by atoms with Crippen LogP contribution in [0.3, 0.4) is 0 Å². The normalized spacial score (nSPS) is 11.8. The SMILES string of the molecule is CCC(NC(=O)CCc1nnc(-c2ccccc2)o1)c1ccc(OC)cc1. The molecule has 6 heteroatoms. The molecule has 0 saturated carbocycles. The predicted octanol–water partition coefficient (Wildman–Crippen LogP) is 3.95. The van der Waals surface area contributed by atoms with Crippen molar-refractivity contribution in [3.05, 3.63) is 66.1 Å². The molecular weight excluding hydrogens is 342 g/mol. The second kappa shape index (κ2) is 8.98. The second-order valence-electron chi connectivity index (χ2n) is 6.17. The van der Waals surface area contributed by atoms with Gasteiger partial charge in [0.2, 0.25) is 17.7 Å². The second-order valence-corrected chi connectivity index (χ2v) is 6.17. The fourth-order valence-corrected chi connectivity index (χ4v) is 2.80. The van der Waals surface area contributed by atoms with E-state index >= 15 is 0 Å². The van der Waals surface area contributed by atoms with Crippen molar-refractivity contribution in [2.24, 2.45) is 0 Å². The number of nitrogens with one attached hydrogen (secondary N) is 1. The van der Waals surface area contributed by atoms with Crippen molar-refractivity contribution in [1.82, 2.24) is 15.5 Å². The molecule has 3 rings (SSSR count). The van der Waals surface area contributed by atoms with Gasteiger partial charge in [-0.05, 0) is 36.2 Å². The van der Waals surface area contributed by atoms with E-state index in [2.05, 4.69) is 15.5 Å². The Morgan fingerprint density at radius 3 is 2.52 bits per heavy atom. The lowest BCUT2D eigenvalue weighted by Crippen LogP contribution is -2.28. The first-order chi connectivity index (χ1) is 13.2. The number of amides is 1. The number of hydrogen-bond acceptors (Lipinski definition) is 5. The number of carbonyl (C=O) groups is 1. The summed E-state index contributed by atoms with van der Waals surface area (Å²) in [7, 11) is 1.63. The molecule has 0 aliphatic carbocycles. The molecule has 1 amide bonds. The molecule has 1 atom stereocenters. The van der Waals surface area contributed by atoms with Crippen molar-refractivity contribution in [3.8, 4) is 17.2 Å². The number of benzene rings is 2. The first kappa shape index (κ1) is 18.6. The summed E-state index contributed by atoms with van der Waals surface area (Å²) in [5, 5.41) is 11.1. The Balaban J connectivity index is 1.55. The first-order valence-corrected chi connectivity index (χ1v) is 9.00. The zero-order valence-corrected chi connectivity index (χ0v) is 15.5. The molecule has 6 nitrogen and oxygen atoms in total. The van der Waals surface area contributed by atoms with E-state index < -0.39 is 0 Å². The first-order valence-electron chi connectivity index (χ1n) is 9.00. The summed E-state index contributed by atoms with van der Waals surface area (Å²) in [6.07, 6.45) is 1.50. The van der Waals surface area contributed by atoms with Gasteiger partial charge in [-0.2, -0.15) is 0 Å². The number of hydrogen-bond donors (Lipinski definition) is 1. The Morgan fingerprint density at radius 1 is 1.11 bits per heavy atom. The van der Waals surface area contributed by atoms with Crippen LogP contribution in [0.4, 0.5) is 0 Å². The topological polar surface area (TPSA) is 77.3 Å². The van der Waals surface area contributed by atoms with Crippen LogP contribution in [0, 0.1) is 0 Å². The number of aromatic nitrogens is 2. The number of rotatable bonds is 8. The molecule has 0 spiro atoms. The van der Waals surface area contributed by atoms with Crippen molar-refractivity contribution in [1.29, 1.82) is 0 Å². The largest absolute Gasteiger partial charge is 0.497 e. The van der Waals surface area contributed by atoms with E-state index in [4.69, 9.17) is 9.15 Å². The summed E-state index contributed by atoms with van der Waals surface area (Å²) >= 11 is 0. The molecule has 1 N–H and O–H groups in total. The van der Waals surface area contributed by atoms with Crippen LogP contribution in [-0.4, -0.2) is 23.2 Å². The third-order valence-electron chi connectivity index (χ3n) is 4.32. The third-order valence-corrected chi connectivity index (χ3v) is 4.32. The highest BCUT2D eigenvalue weighted by Gasteiger charge is 2.15. The van der Waals surface area contributed by atoms with Gasteiger partial charge in [-0.25, -0.2) is 0 Å². The molecular formula is C21H23N3O3. The van der Waals surface area contributed by atoms with E-state index in [1.54, 1.807) is 7.11 Å². The van der Waals surface area contributed by atoms with Crippen molar-refractivity contribution in [2.45, 2.75) is 32.2 Å². The average molecular weight is 365 g/mol. The van der Waals surface area contributed by atoms with Crippen LogP contribution in [-0.2, 0) is 11.2 Å². The van der Waals surface area contributed by atoms with Crippen molar-refractivity contribution in [2.75, 3.05) is 7.11 Å². The lowest BCUT2D eigenvalue weighted by Gasteiger charge is -2.17. The highest BCUT2D eigenvalue weighted by molar-refractivity contribution is 5.76. The van der Waals surface area contributed by atoms with Gasteiger partial charge in [0.15, 0.2) is 0 Å². The van der Waals surface area contributed by atoms with E-state index in [0.717, 1.165) is 23.3 Å². The predicted molar refractivity (Wildman–Crippen MR) is 102 cm³/mol. The lowest BCUT2D eigenvalue weighted by atomic mass is 10.0. The Labute approximate surface area is 158 Å². The Kier molecular flexibility index (Phi) is 6.20. The molecule has 1 aromatic heterocycles. The fraction of sp³-hybridized carbons (Fsp3) is 0.286. The smallest absolute Gasteiger partial charge is 0.247 e. The van der Waals surface area contributed by atoms with Gasteiger partial charge >= 0.3 is 0 Å². The Bertz CT molecular complexity index is 860. The van der Waals surface area contributed by atoms with Crippen LogP contribution in [0.15, 0.2) is 59.0 Å². The van der Waals surface area contributed by atoms with Crippen LogP contribution in [0.5, 0.6) is 5.75 Å². The van der Waals surface area contributed by atoms with Crippen LogP contribution < -0.4 is 10.1 Å². The highest BCUT2D eigenvalue weighted by atomic mass is 16.5. The van der Waals surface area contributed by atoms with E-state index in [1.807, 2.05) is 61.5 Å². The molecule has 0 radical (unpaired) electrons. The van der Waals surface area contributed by atoms with Gasteiger partial charge in [0, 0.05) is 18.4 Å². The molecule has 0 bridgehead atoms. The van der Waals surface area contributed by atoms with Crippen LogP contribution in [0.2, 0.25) is 0 Å². The number of methoxy groups -OCH3 is 1. The van der Waals surface area contributed by atoms with Gasteiger partial charge < -0.3 is 14.5 Å². The Morgan fingerprint density at radius 2 is 1.85 bits per heavy atom. The van der Waals surface area contributed by atoms with Crippen molar-refractivity contribution >= 4 is 5.91 Å². The zero-order valence-electron chi connectivity index (χ0n) is 15.5. The van der Waals surface area contributed by atoms with Crippen LogP contribution in [0.25, 0.3) is 11.5 Å². The van der Waals surface area contributed by atoms with Crippen molar-refractivity contribution < 1.29 is 13.9 Å². The molecule has 2 aromatic carbocycles. The quantitative estimate of drug-likeness (QED) is 0.654. The maximum atomic E-state index is 12.3. The summed E-state index contributed by atoms with van der Waals surface area (Å²) in [4.78, 5) is 12.3.